The van der Waals surface area contributed by atoms with E-state index in [0.29, 0.717) is 15.9 Å². The molecule has 0 atom stereocenters. The van der Waals surface area contributed by atoms with Crippen LogP contribution in [0.1, 0.15) is 10.4 Å². The normalized spacial score (nSPS) is 10.9. The third kappa shape index (κ3) is 2.42. The summed E-state index contributed by atoms with van der Waals surface area (Å²) >= 11 is 5.84. The Morgan fingerprint density at radius 3 is 2.64 bits per heavy atom. The summed E-state index contributed by atoms with van der Waals surface area (Å²) in [5, 5.41) is 3.28. The van der Waals surface area contributed by atoms with Gasteiger partial charge in [-0.15, -0.1) is 0 Å². The van der Waals surface area contributed by atoms with Gasteiger partial charge in [0, 0.05) is 22.1 Å². The Bertz CT molecular complexity index is 892. The first kappa shape index (κ1) is 14.5. The molecule has 112 valence electrons. The van der Waals surface area contributed by atoms with Crippen LogP contribution in [0.4, 0.5) is 18.9 Å². The topological polar surface area (TPSA) is 44.9 Å². The highest BCUT2D eigenvalue weighted by Gasteiger charge is 2.18. The Hall–Kier alpha value is -2.47. The van der Waals surface area contributed by atoms with Crippen LogP contribution in [0.25, 0.3) is 10.9 Å². The quantitative estimate of drug-likeness (QED) is 0.670. The van der Waals surface area contributed by atoms with Crippen molar-refractivity contribution in [3.05, 3.63) is 64.6 Å². The van der Waals surface area contributed by atoms with Crippen molar-refractivity contribution in [1.82, 2.24) is 4.98 Å². The van der Waals surface area contributed by atoms with Crippen LogP contribution in [0.15, 0.2) is 36.5 Å². The van der Waals surface area contributed by atoms with Gasteiger partial charge in [0.25, 0.3) is 5.91 Å². The average molecular weight is 325 g/mol. The molecule has 1 heterocycles. The molecule has 0 aliphatic carbocycles. The summed E-state index contributed by atoms with van der Waals surface area (Å²) in [4.78, 5) is 15.0. The van der Waals surface area contributed by atoms with Crippen molar-refractivity contribution in [3.8, 4) is 0 Å². The molecule has 0 radical (unpaired) electrons. The smallest absolute Gasteiger partial charge is 0.257 e. The number of amides is 1. The van der Waals surface area contributed by atoms with Crippen molar-refractivity contribution in [2.75, 3.05) is 5.32 Å². The zero-order valence-corrected chi connectivity index (χ0v) is 11.6. The summed E-state index contributed by atoms with van der Waals surface area (Å²) in [7, 11) is 0. The molecule has 0 aliphatic rings. The second-order valence-electron chi connectivity index (χ2n) is 4.57. The molecule has 0 saturated heterocycles. The van der Waals surface area contributed by atoms with Gasteiger partial charge in [-0.2, -0.15) is 0 Å². The van der Waals surface area contributed by atoms with Crippen LogP contribution in [0.2, 0.25) is 5.02 Å². The first-order chi connectivity index (χ1) is 10.5. The van der Waals surface area contributed by atoms with Crippen LogP contribution in [0.5, 0.6) is 0 Å². The van der Waals surface area contributed by atoms with Gasteiger partial charge in [-0.25, -0.2) is 13.2 Å². The maximum Gasteiger partial charge on any atom is 0.257 e. The van der Waals surface area contributed by atoms with Gasteiger partial charge in [-0.05, 0) is 24.3 Å². The Morgan fingerprint density at radius 2 is 1.86 bits per heavy atom. The minimum atomic E-state index is -1.64. The molecule has 2 aromatic carbocycles. The minimum Gasteiger partial charge on any atom is -0.360 e. The lowest BCUT2D eigenvalue weighted by Gasteiger charge is -2.06. The first-order valence-electron chi connectivity index (χ1n) is 6.19. The number of aromatic nitrogens is 1. The first-order valence-corrected chi connectivity index (χ1v) is 6.56. The van der Waals surface area contributed by atoms with Gasteiger partial charge in [-0.3, -0.25) is 4.79 Å². The largest absolute Gasteiger partial charge is 0.360 e. The number of H-pyrrole nitrogens is 1. The van der Waals surface area contributed by atoms with Crippen molar-refractivity contribution in [2.45, 2.75) is 0 Å². The molecule has 0 aliphatic heterocycles. The van der Waals surface area contributed by atoms with Gasteiger partial charge in [0.2, 0.25) is 0 Å². The van der Waals surface area contributed by atoms with E-state index in [1.807, 2.05) is 0 Å². The second kappa shape index (κ2) is 5.38. The summed E-state index contributed by atoms with van der Waals surface area (Å²) in [6.07, 6.45) is 1.42. The maximum atomic E-state index is 13.6. The highest BCUT2D eigenvalue weighted by Crippen LogP contribution is 2.24. The van der Waals surface area contributed by atoms with E-state index >= 15 is 0 Å². The Labute approximate surface area is 127 Å². The van der Waals surface area contributed by atoms with Gasteiger partial charge in [0.15, 0.2) is 17.5 Å². The molecule has 0 unspecified atom stereocenters. The van der Waals surface area contributed by atoms with Crippen LogP contribution in [-0.2, 0) is 0 Å². The molecule has 3 rings (SSSR count). The Balaban J connectivity index is 1.96. The lowest BCUT2D eigenvalue weighted by atomic mass is 10.1. The summed E-state index contributed by atoms with van der Waals surface area (Å²) in [6.45, 7) is 0. The predicted molar refractivity (Wildman–Crippen MR) is 77.6 cm³/mol. The summed E-state index contributed by atoms with van der Waals surface area (Å²) in [6, 6.07) is 6.56. The van der Waals surface area contributed by atoms with E-state index in [9.17, 15) is 18.0 Å². The van der Waals surface area contributed by atoms with E-state index < -0.39 is 29.0 Å². The minimum absolute atomic E-state index is 0.232. The zero-order valence-electron chi connectivity index (χ0n) is 10.9. The molecular weight excluding hydrogens is 317 g/mol. The summed E-state index contributed by atoms with van der Waals surface area (Å²) in [5.74, 6) is -5.06. The number of rotatable bonds is 2. The van der Waals surface area contributed by atoms with Crippen molar-refractivity contribution in [1.29, 1.82) is 0 Å². The highest BCUT2D eigenvalue weighted by atomic mass is 35.5. The third-order valence-corrected chi connectivity index (χ3v) is 3.41. The average Bonchev–Trinajstić information content (AvgIpc) is 2.90. The van der Waals surface area contributed by atoms with E-state index in [1.54, 1.807) is 18.2 Å². The van der Waals surface area contributed by atoms with E-state index in [4.69, 9.17) is 11.6 Å². The molecule has 7 heteroatoms. The number of fused-ring (bicyclic) bond motifs is 1. The van der Waals surface area contributed by atoms with Crippen molar-refractivity contribution >= 4 is 34.1 Å². The molecule has 1 amide bonds. The number of hydrogen-bond donors (Lipinski definition) is 2. The second-order valence-corrected chi connectivity index (χ2v) is 5.01. The number of anilines is 1. The number of carbonyl (C=O) groups excluding carboxylic acids is 1. The van der Waals surface area contributed by atoms with E-state index in [-0.39, 0.29) is 5.56 Å². The molecule has 0 bridgehead atoms. The lowest BCUT2D eigenvalue weighted by Crippen LogP contribution is -2.13. The number of halogens is 4. The van der Waals surface area contributed by atoms with E-state index in [0.717, 1.165) is 12.1 Å². The maximum absolute atomic E-state index is 13.6. The van der Waals surface area contributed by atoms with Gasteiger partial charge in [0.05, 0.1) is 11.3 Å². The van der Waals surface area contributed by atoms with Gasteiger partial charge < -0.3 is 10.3 Å². The fourth-order valence-corrected chi connectivity index (χ4v) is 2.27. The zero-order chi connectivity index (χ0) is 15.9. The molecule has 1 aromatic heterocycles. The van der Waals surface area contributed by atoms with Crippen molar-refractivity contribution < 1.29 is 18.0 Å². The Kier molecular flexibility index (Phi) is 3.54. The van der Waals surface area contributed by atoms with Crippen LogP contribution in [0.3, 0.4) is 0 Å². The molecular formula is C15H8ClF3N2O. The SMILES string of the molecule is O=C(Nc1ccc(F)c(F)c1F)c1c[nH]c2cc(Cl)ccc12. The van der Waals surface area contributed by atoms with Crippen molar-refractivity contribution in [3.63, 3.8) is 0 Å². The molecule has 2 N–H and O–H groups in total. The van der Waals surface area contributed by atoms with Crippen LogP contribution in [0, 0.1) is 17.5 Å². The van der Waals surface area contributed by atoms with Crippen LogP contribution < -0.4 is 5.32 Å². The number of hydrogen-bond acceptors (Lipinski definition) is 1. The van der Waals surface area contributed by atoms with Gasteiger partial charge in [-0.1, -0.05) is 17.7 Å². The molecule has 0 fully saturated rings. The molecule has 3 aromatic rings. The molecule has 0 spiro atoms. The number of carbonyl (C=O) groups is 1. The number of benzene rings is 2. The molecule has 3 nitrogen and oxygen atoms in total. The van der Waals surface area contributed by atoms with Crippen LogP contribution in [-0.4, -0.2) is 10.9 Å². The number of aromatic amines is 1. The Morgan fingerprint density at radius 1 is 1.09 bits per heavy atom. The standard InChI is InChI=1S/C15H8ClF3N2O/c16-7-1-2-8-9(6-20-12(8)5-7)15(22)21-11-4-3-10(17)13(18)14(11)19/h1-6,20H,(H,21,22). The third-order valence-electron chi connectivity index (χ3n) is 3.17. The van der Waals surface area contributed by atoms with E-state index in [1.165, 1.54) is 6.20 Å². The van der Waals surface area contributed by atoms with Gasteiger partial charge in [0.1, 0.15) is 0 Å². The predicted octanol–water partition coefficient (Wildman–Crippen LogP) is 4.49. The number of nitrogens with one attached hydrogen (secondary N) is 2. The summed E-state index contributed by atoms with van der Waals surface area (Å²) in [5.41, 5.74) is 0.423. The molecule has 0 saturated carbocycles. The lowest BCUT2D eigenvalue weighted by molar-refractivity contribution is 0.102. The van der Waals surface area contributed by atoms with Crippen molar-refractivity contribution in [2.24, 2.45) is 0 Å². The fourth-order valence-electron chi connectivity index (χ4n) is 2.10. The van der Waals surface area contributed by atoms with Gasteiger partial charge >= 0.3 is 0 Å². The fraction of sp³-hybridized carbons (Fsp3) is 0. The monoisotopic (exact) mass is 324 g/mol. The van der Waals surface area contributed by atoms with E-state index in [2.05, 4.69) is 10.3 Å². The molecule has 22 heavy (non-hydrogen) atoms. The van der Waals surface area contributed by atoms with Crippen LogP contribution >= 0.6 is 11.6 Å². The summed E-state index contributed by atoms with van der Waals surface area (Å²) < 4.78 is 39.6. The highest BCUT2D eigenvalue weighted by molar-refractivity contribution is 6.31.